The molecule has 1 unspecified atom stereocenters. The fraction of sp³-hybridized carbons (Fsp3) is 0.333. The van der Waals surface area contributed by atoms with E-state index in [9.17, 15) is 14.7 Å². The second-order valence-corrected chi connectivity index (χ2v) is 8.54. The summed E-state index contributed by atoms with van der Waals surface area (Å²) in [6.45, 7) is 6.08. The molecule has 3 N–H and O–H groups in total. The van der Waals surface area contributed by atoms with Crippen LogP contribution in [0, 0.1) is 19.8 Å². The molecule has 3 aromatic rings. The monoisotopic (exact) mass is 382 g/mol. The van der Waals surface area contributed by atoms with E-state index in [0.29, 0.717) is 21.8 Å². The molecule has 2 heterocycles. The van der Waals surface area contributed by atoms with Gasteiger partial charge in [0.15, 0.2) is 0 Å². The smallest absolute Gasteiger partial charge is 0.265 e. The number of aromatic hydroxyl groups is 1. The van der Waals surface area contributed by atoms with E-state index in [1.165, 1.54) is 16.2 Å². The summed E-state index contributed by atoms with van der Waals surface area (Å²) in [5, 5.41) is 14.2. The number of rotatable bonds is 2. The van der Waals surface area contributed by atoms with Gasteiger partial charge in [-0.1, -0.05) is 19.1 Å². The highest BCUT2D eigenvalue weighted by atomic mass is 32.1. The minimum atomic E-state index is -0.589. The first-order valence-electron chi connectivity index (χ1n) is 9.14. The molecule has 2 aromatic heterocycles. The summed E-state index contributed by atoms with van der Waals surface area (Å²) >= 11 is 1.51. The Morgan fingerprint density at radius 2 is 2.11 bits per heavy atom. The van der Waals surface area contributed by atoms with Crippen molar-refractivity contribution in [3.63, 3.8) is 0 Å². The molecule has 1 amide bonds. The molecule has 1 aliphatic carbocycles. The Kier molecular flexibility index (Phi) is 4.30. The van der Waals surface area contributed by atoms with E-state index in [-0.39, 0.29) is 11.3 Å². The number of nitrogens with one attached hydrogen (secondary N) is 2. The van der Waals surface area contributed by atoms with Crippen molar-refractivity contribution >= 4 is 33.1 Å². The lowest BCUT2D eigenvalue weighted by Crippen LogP contribution is -2.23. The van der Waals surface area contributed by atoms with Crippen molar-refractivity contribution in [3.8, 4) is 5.75 Å². The van der Waals surface area contributed by atoms with Crippen molar-refractivity contribution < 1.29 is 9.90 Å². The zero-order chi connectivity index (χ0) is 19.3. The summed E-state index contributed by atoms with van der Waals surface area (Å²) in [5.41, 5.74) is 2.91. The van der Waals surface area contributed by atoms with Crippen molar-refractivity contribution in [2.24, 2.45) is 5.92 Å². The van der Waals surface area contributed by atoms with Crippen LogP contribution >= 0.6 is 11.3 Å². The molecule has 0 fully saturated rings. The molecule has 0 saturated heterocycles. The Balaban J connectivity index is 1.81. The van der Waals surface area contributed by atoms with Gasteiger partial charge in [-0.25, -0.2) is 0 Å². The fourth-order valence-corrected chi connectivity index (χ4v) is 5.18. The van der Waals surface area contributed by atoms with E-state index in [2.05, 4.69) is 17.2 Å². The molecule has 0 radical (unpaired) electrons. The first kappa shape index (κ1) is 17.8. The number of anilines is 1. The normalized spacial score (nSPS) is 16.3. The number of carbonyl (C=O) groups excluding carboxylic acids is 1. The SMILES string of the molecule is Cc1cccc(NC(=O)c2c(O)c3c4c(sc3[nH]c2=O)CC(C)CC4)c1C. The Bertz CT molecular complexity index is 1130. The van der Waals surface area contributed by atoms with Gasteiger partial charge in [0, 0.05) is 10.6 Å². The van der Waals surface area contributed by atoms with Gasteiger partial charge in [-0.15, -0.1) is 11.3 Å². The standard InChI is InChI=1S/C21H22N2O3S/c1-10-7-8-13-15(9-10)27-21-16(13)18(24)17(20(26)23-21)19(25)22-14-6-4-5-11(2)12(14)3/h4-6,10H,7-9H2,1-3H3,(H,22,25)(H2,23,24,26). The molecule has 4 rings (SSSR count). The lowest BCUT2D eigenvalue weighted by atomic mass is 9.89. The highest BCUT2D eigenvalue weighted by Crippen LogP contribution is 2.41. The zero-order valence-corrected chi connectivity index (χ0v) is 16.4. The molecular formula is C21H22N2O3S. The number of thiophene rings is 1. The average molecular weight is 382 g/mol. The van der Waals surface area contributed by atoms with Gasteiger partial charge < -0.3 is 15.4 Å². The number of amides is 1. The lowest BCUT2D eigenvalue weighted by Gasteiger charge is -2.18. The molecule has 140 valence electrons. The van der Waals surface area contributed by atoms with E-state index in [1.54, 1.807) is 6.07 Å². The first-order chi connectivity index (χ1) is 12.9. The van der Waals surface area contributed by atoms with Crippen molar-refractivity contribution in [1.82, 2.24) is 4.98 Å². The predicted octanol–water partition coefficient (Wildman–Crippen LogP) is 4.29. The Hall–Kier alpha value is -2.60. The molecule has 0 spiro atoms. The number of aromatic nitrogens is 1. The van der Waals surface area contributed by atoms with E-state index in [4.69, 9.17) is 0 Å². The Labute approximate surface area is 161 Å². The molecule has 1 atom stereocenters. The lowest BCUT2D eigenvalue weighted by molar-refractivity contribution is 0.102. The van der Waals surface area contributed by atoms with Crippen molar-refractivity contribution in [1.29, 1.82) is 0 Å². The largest absolute Gasteiger partial charge is 0.506 e. The third-order valence-electron chi connectivity index (χ3n) is 5.52. The summed E-state index contributed by atoms with van der Waals surface area (Å²) in [6, 6.07) is 5.60. The van der Waals surface area contributed by atoms with Gasteiger partial charge >= 0.3 is 0 Å². The van der Waals surface area contributed by atoms with Crippen LogP contribution in [0.5, 0.6) is 5.75 Å². The highest BCUT2D eigenvalue weighted by Gasteiger charge is 2.27. The number of fused-ring (bicyclic) bond motifs is 3. The summed E-state index contributed by atoms with van der Waals surface area (Å²) < 4.78 is 0. The van der Waals surface area contributed by atoms with Crippen LogP contribution in [0.4, 0.5) is 5.69 Å². The number of carbonyl (C=O) groups is 1. The average Bonchev–Trinajstić information content (AvgIpc) is 2.96. The van der Waals surface area contributed by atoms with Crippen molar-refractivity contribution in [3.05, 3.63) is 55.7 Å². The van der Waals surface area contributed by atoms with E-state index in [1.807, 2.05) is 26.0 Å². The van der Waals surface area contributed by atoms with Gasteiger partial charge in [-0.2, -0.15) is 0 Å². The molecule has 0 bridgehead atoms. The molecule has 0 saturated carbocycles. The predicted molar refractivity (Wildman–Crippen MR) is 109 cm³/mol. The summed E-state index contributed by atoms with van der Waals surface area (Å²) in [4.78, 5) is 30.0. The Morgan fingerprint density at radius 3 is 2.89 bits per heavy atom. The molecule has 1 aliphatic rings. The van der Waals surface area contributed by atoms with Gasteiger partial charge in [0.25, 0.3) is 11.5 Å². The third kappa shape index (κ3) is 2.94. The second kappa shape index (κ2) is 6.53. The topological polar surface area (TPSA) is 82.2 Å². The maximum Gasteiger partial charge on any atom is 0.265 e. The minimum Gasteiger partial charge on any atom is -0.506 e. The number of aromatic amines is 1. The maximum atomic E-state index is 12.8. The van der Waals surface area contributed by atoms with Crippen molar-refractivity contribution in [2.45, 2.75) is 40.0 Å². The van der Waals surface area contributed by atoms with Crippen LogP contribution in [0.15, 0.2) is 23.0 Å². The molecule has 27 heavy (non-hydrogen) atoms. The number of aryl methyl sites for hydroxylation is 2. The quantitative estimate of drug-likeness (QED) is 0.618. The van der Waals surface area contributed by atoms with E-state index < -0.39 is 11.5 Å². The van der Waals surface area contributed by atoms with Crippen LogP contribution in [-0.2, 0) is 12.8 Å². The number of benzene rings is 1. The van der Waals surface area contributed by atoms with Crippen LogP contribution in [0.3, 0.4) is 0 Å². The summed E-state index contributed by atoms with van der Waals surface area (Å²) in [5.74, 6) is -0.205. The van der Waals surface area contributed by atoms with Gasteiger partial charge in [0.05, 0.1) is 5.39 Å². The summed E-state index contributed by atoms with van der Waals surface area (Å²) in [7, 11) is 0. The molecule has 0 aliphatic heterocycles. The van der Waals surface area contributed by atoms with Gasteiger partial charge in [-0.05, 0) is 61.8 Å². The number of hydrogen-bond donors (Lipinski definition) is 3. The number of pyridine rings is 1. The highest BCUT2D eigenvalue weighted by molar-refractivity contribution is 7.18. The second-order valence-electron chi connectivity index (χ2n) is 7.44. The number of hydrogen-bond acceptors (Lipinski definition) is 4. The van der Waals surface area contributed by atoms with Crippen LogP contribution in [0.2, 0.25) is 0 Å². The first-order valence-corrected chi connectivity index (χ1v) is 9.95. The summed E-state index contributed by atoms with van der Waals surface area (Å²) in [6.07, 6.45) is 2.84. The van der Waals surface area contributed by atoms with Crippen LogP contribution in [0.25, 0.3) is 10.2 Å². The fourth-order valence-electron chi connectivity index (χ4n) is 3.77. The van der Waals surface area contributed by atoms with Crippen molar-refractivity contribution in [2.75, 3.05) is 5.32 Å². The molecule has 6 heteroatoms. The molecule has 1 aromatic carbocycles. The third-order valence-corrected chi connectivity index (χ3v) is 6.69. The van der Waals surface area contributed by atoms with E-state index in [0.717, 1.165) is 36.0 Å². The maximum absolute atomic E-state index is 12.8. The van der Waals surface area contributed by atoms with Crippen LogP contribution in [0.1, 0.15) is 45.3 Å². The minimum absolute atomic E-state index is 0.205. The Morgan fingerprint density at radius 1 is 1.33 bits per heavy atom. The van der Waals surface area contributed by atoms with Gasteiger partial charge in [0.1, 0.15) is 16.1 Å². The number of H-pyrrole nitrogens is 1. The molecular weight excluding hydrogens is 360 g/mol. The van der Waals surface area contributed by atoms with Crippen LogP contribution < -0.4 is 10.9 Å². The zero-order valence-electron chi connectivity index (χ0n) is 15.6. The van der Waals surface area contributed by atoms with Crippen LogP contribution in [-0.4, -0.2) is 16.0 Å². The molecule has 5 nitrogen and oxygen atoms in total. The van der Waals surface area contributed by atoms with Gasteiger partial charge in [-0.3, -0.25) is 9.59 Å². The van der Waals surface area contributed by atoms with Gasteiger partial charge in [0.2, 0.25) is 0 Å². The van der Waals surface area contributed by atoms with E-state index >= 15 is 0 Å².